The van der Waals surface area contributed by atoms with Crippen LogP contribution in [0.4, 0.5) is 11.4 Å². The van der Waals surface area contributed by atoms with E-state index in [1.807, 2.05) is 39.0 Å². The number of fused-ring (bicyclic) bond motifs is 1. The number of carbonyl (C=O) groups is 2. The first-order valence-corrected chi connectivity index (χ1v) is 9.94. The van der Waals surface area contributed by atoms with Crippen LogP contribution in [0.2, 0.25) is 0 Å². The summed E-state index contributed by atoms with van der Waals surface area (Å²) in [5.74, 6) is 1.40. The molecule has 0 aromatic heterocycles. The van der Waals surface area contributed by atoms with Gasteiger partial charge in [0.15, 0.2) is 0 Å². The highest BCUT2D eigenvalue weighted by Gasteiger charge is 2.32. The van der Waals surface area contributed by atoms with Crippen molar-refractivity contribution in [3.05, 3.63) is 18.2 Å². The smallest absolute Gasteiger partial charge is 0.232 e. The molecule has 2 aliphatic rings. The highest BCUT2D eigenvalue weighted by molar-refractivity contribution is 6.00. The Morgan fingerprint density at radius 1 is 1.26 bits per heavy atom. The van der Waals surface area contributed by atoms with Gasteiger partial charge >= 0.3 is 0 Å². The molecule has 2 aliphatic heterocycles. The van der Waals surface area contributed by atoms with E-state index in [-0.39, 0.29) is 11.8 Å². The maximum Gasteiger partial charge on any atom is 0.232 e. The number of carbonyl (C=O) groups excluding carboxylic acids is 2. The van der Waals surface area contributed by atoms with Crippen molar-refractivity contribution in [2.75, 3.05) is 36.5 Å². The molecule has 0 aliphatic carbocycles. The minimum atomic E-state index is -0.470. The Morgan fingerprint density at radius 2 is 2.00 bits per heavy atom. The lowest BCUT2D eigenvalue weighted by atomic mass is 9.93. The molecule has 2 heterocycles. The summed E-state index contributed by atoms with van der Waals surface area (Å²) in [6, 6.07) is 5.52. The van der Waals surface area contributed by atoms with Gasteiger partial charge in [-0.3, -0.25) is 9.59 Å². The van der Waals surface area contributed by atoms with Crippen LogP contribution in [0.3, 0.4) is 0 Å². The van der Waals surface area contributed by atoms with Crippen LogP contribution in [0.5, 0.6) is 5.75 Å². The average molecular weight is 373 g/mol. The zero-order valence-electron chi connectivity index (χ0n) is 16.6. The van der Waals surface area contributed by atoms with Gasteiger partial charge < -0.3 is 20.3 Å². The third kappa shape index (κ3) is 5.01. The number of anilines is 2. The summed E-state index contributed by atoms with van der Waals surface area (Å²) in [7, 11) is 0. The Kier molecular flexibility index (Phi) is 6.05. The summed E-state index contributed by atoms with van der Waals surface area (Å²) < 4.78 is 5.69. The number of piperidine rings is 1. The molecule has 2 amide bonds. The van der Waals surface area contributed by atoms with E-state index in [0.717, 1.165) is 38.0 Å². The molecule has 27 heavy (non-hydrogen) atoms. The van der Waals surface area contributed by atoms with Crippen molar-refractivity contribution in [1.82, 2.24) is 5.32 Å². The topological polar surface area (TPSA) is 70.7 Å². The molecule has 3 rings (SSSR count). The zero-order chi connectivity index (χ0) is 19.4. The molecule has 0 radical (unpaired) electrons. The normalized spacial score (nSPS) is 17.8. The summed E-state index contributed by atoms with van der Waals surface area (Å²) in [4.78, 5) is 26.9. The molecule has 0 unspecified atom stereocenters. The highest BCUT2D eigenvalue weighted by atomic mass is 16.5. The summed E-state index contributed by atoms with van der Waals surface area (Å²) in [5.41, 5.74) is 0.974. The lowest BCUT2D eigenvalue weighted by Crippen LogP contribution is -2.44. The van der Waals surface area contributed by atoms with Gasteiger partial charge in [-0.25, -0.2) is 0 Å². The van der Waals surface area contributed by atoms with E-state index in [2.05, 4.69) is 10.6 Å². The van der Waals surface area contributed by atoms with Gasteiger partial charge in [-0.1, -0.05) is 20.8 Å². The van der Waals surface area contributed by atoms with Crippen LogP contribution < -0.4 is 20.3 Å². The largest absolute Gasteiger partial charge is 0.490 e. The molecule has 0 atom stereocenters. The average Bonchev–Trinajstić information content (AvgIpc) is 2.65. The number of hydrogen-bond acceptors (Lipinski definition) is 4. The van der Waals surface area contributed by atoms with E-state index in [9.17, 15) is 9.59 Å². The maximum atomic E-state index is 12.8. The van der Waals surface area contributed by atoms with E-state index >= 15 is 0 Å². The van der Waals surface area contributed by atoms with Crippen LogP contribution >= 0.6 is 0 Å². The van der Waals surface area contributed by atoms with Gasteiger partial charge in [0, 0.05) is 17.5 Å². The number of rotatable bonds is 4. The van der Waals surface area contributed by atoms with Gasteiger partial charge in [0.25, 0.3) is 0 Å². The molecule has 1 saturated heterocycles. The Morgan fingerprint density at radius 3 is 2.70 bits per heavy atom. The lowest BCUT2D eigenvalue weighted by molar-refractivity contribution is -0.126. The van der Waals surface area contributed by atoms with Gasteiger partial charge in [-0.2, -0.15) is 0 Å². The van der Waals surface area contributed by atoms with Crippen molar-refractivity contribution in [3.63, 3.8) is 0 Å². The van der Waals surface area contributed by atoms with Gasteiger partial charge in [-0.15, -0.1) is 0 Å². The molecule has 148 valence electrons. The third-order valence-electron chi connectivity index (χ3n) is 5.23. The molecule has 0 saturated carbocycles. The summed E-state index contributed by atoms with van der Waals surface area (Å²) in [6.45, 7) is 8.85. The lowest BCUT2D eigenvalue weighted by Gasteiger charge is -2.34. The van der Waals surface area contributed by atoms with Crippen molar-refractivity contribution in [2.45, 2.75) is 46.5 Å². The first kappa shape index (κ1) is 19.7. The fraction of sp³-hybridized carbons (Fsp3) is 0.619. The minimum Gasteiger partial charge on any atom is -0.490 e. The van der Waals surface area contributed by atoms with Crippen molar-refractivity contribution in [2.24, 2.45) is 11.3 Å². The molecule has 0 spiro atoms. The zero-order valence-corrected chi connectivity index (χ0v) is 16.6. The Labute approximate surface area is 161 Å². The molecular formula is C21H31N3O3. The molecule has 6 nitrogen and oxygen atoms in total. The van der Waals surface area contributed by atoms with Gasteiger partial charge in [0.1, 0.15) is 12.4 Å². The predicted octanol–water partition coefficient (Wildman–Crippen LogP) is 3.18. The van der Waals surface area contributed by atoms with Crippen molar-refractivity contribution >= 4 is 23.2 Å². The first-order chi connectivity index (χ1) is 12.8. The van der Waals surface area contributed by atoms with Crippen LogP contribution in [-0.2, 0) is 9.59 Å². The molecule has 1 aromatic carbocycles. The highest BCUT2D eigenvalue weighted by Crippen LogP contribution is 2.36. The summed E-state index contributed by atoms with van der Waals surface area (Å²) >= 11 is 0. The Balaban J connectivity index is 1.65. The molecule has 2 N–H and O–H groups in total. The van der Waals surface area contributed by atoms with E-state index < -0.39 is 5.41 Å². The van der Waals surface area contributed by atoms with Gasteiger partial charge in [0.05, 0.1) is 12.2 Å². The first-order valence-electron chi connectivity index (χ1n) is 9.94. The van der Waals surface area contributed by atoms with E-state index in [1.165, 1.54) is 0 Å². The predicted molar refractivity (Wildman–Crippen MR) is 107 cm³/mol. The Hall–Kier alpha value is -2.08. The SMILES string of the molecule is CC(C)(C)C(=O)N1CCOc2ccc(NC(=O)CCC3CCNCC3)cc21. The fourth-order valence-corrected chi connectivity index (χ4v) is 3.64. The van der Waals surface area contributed by atoms with Crippen LogP contribution in [0.15, 0.2) is 18.2 Å². The molecule has 6 heteroatoms. The second-order valence-corrected chi connectivity index (χ2v) is 8.52. The summed E-state index contributed by atoms with van der Waals surface area (Å²) in [5, 5.41) is 6.33. The standard InChI is InChI=1S/C21H31N3O3/c1-21(2,3)20(26)24-12-13-27-18-6-5-16(14-17(18)24)23-19(25)7-4-15-8-10-22-11-9-15/h5-6,14-15,22H,4,7-13H2,1-3H3,(H,23,25). The monoisotopic (exact) mass is 373 g/mol. The number of benzene rings is 1. The van der Waals surface area contributed by atoms with E-state index in [1.54, 1.807) is 4.90 Å². The molecule has 1 aromatic rings. The van der Waals surface area contributed by atoms with E-state index in [4.69, 9.17) is 4.74 Å². The number of amides is 2. The van der Waals surface area contributed by atoms with Crippen LogP contribution in [0, 0.1) is 11.3 Å². The summed E-state index contributed by atoms with van der Waals surface area (Å²) in [6.07, 6.45) is 3.75. The quantitative estimate of drug-likeness (QED) is 0.850. The Bertz CT molecular complexity index is 690. The second kappa shape index (κ2) is 8.30. The van der Waals surface area contributed by atoms with Gasteiger partial charge in [0.2, 0.25) is 11.8 Å². The van der Waals surface area contributed by atoms with E-state index in [0.29, 0.717) is 36.9 Å². The van der Waals surface area contributed by atoms with Crippen molar-refractivity contribution in [1.29, 1.82) is 0 Å². The van der Waals surface area contributed by atoms with Crippen molar-refractivity contribution < 1.29 is 14.3 Å². The minimum absolute atomic E-state index is 0.0268. The fourth-order valence-electron chi connectivity index (χ4n) is 3.64. The molecular weight excluding hydrogens is 342 g/mol. The number of hydrogen-bond donors (Lipinski definition) is 2. The third-order valence-corrected chi connectivity index (χ3v) is 5.23. The number of ether oxygens (including phenoxy) is 1. The second-order valence-electron chi connectivity index (χ2n) is 8.52. The molecule has 1 fully saturated rings. The van der Waals surface area contributed by atoms with Crippen LogP contribution in [-0.4, -0.2) is 38.1 Å². The van der Waals surface area contributed by atoms with Gasteiger partial charge in [-0.05, 0) is 56.5 Å². The van der Waals surface area contributed by atoms with Crippen LogP contribution in [0.25, 0.3) is 0 Å². The van der Waals surface area contributed by atoms with Crippen LogP contribution in [0.1, 0.15) is 46.5 Å². The number of nitrogens with one attached hydrogen (secondary N) is 2. The molecule has 0 bridgehead atoms. The maximum absolute atomic E-state index is 12.8. The van der Waals surface area contributed by atoms with Crippen molar-refractivity contribution in [3.8, 4) is 5.75 Å². The number of nitrogens with zero attached hydrogens (tertiary/aromatic N) is 1.